The maximum Gasteiger partial charge on any atom is 0.257 e. The zero-order valence-electron chi connectivity index (χ0n) is 16.4. The van der Waals surface area contributed by atoms with Gasteiger partial charge in [-0.05, 0) is 18.6 Å². The van der Waals surface area contributed by atoms with Crippen LogP contribution in [0.3, 0.4) is 0 Å². The SMILES string of the molecule is CCc1c(NCCO)c(C(=O)NCCO)c2nc3ccccc3n2c1NCCO. The Balaban J connectivity index is 2.39. The van der Waals surface area contributed by atoms with Crippen molar-refractivity contribution in [2.24, 2.45) is 0 Å². The monoisotopic (exact) mass is 401 g/mol. The van der Waals surface area contributed by atoms with Crippen LogP contribution in [-0.2, 0) is 6.42 Å². The average Bonchev–Trinajstić information content (AvgIpc) is 3.12. The first-order valence-corrected chi connectivity index (χ1v) is 9.72. The first-order chi connectivity index (χ1) is 14.2. The Kier molecular flexibility index (Phi) is 6.86. The first-order valence-electron chi connectivity index (χ1n) is 9.72. The Bertz CT molecular complexity index is 1000. The summed E-state index contributed by atoms with van der Waals surface area (Å²) in [4.78, 5) is 17.7. The van der Waals surface area contributed by atoms with Crippen molar-refractivity contribution >= 4 is 34.1 Å². The van der Waals surface area contributed by atoms with E-state index in [9.17, 15) is 15.0 Å². The van der Waals surface area contributed by atoms with E-state index in [1.165, 1.54) is 0 Å². The van der Waals surface area contributed by atoms with Crippen molar-refractivity contribution < 1.29 is 20.1 Å². The zero-order valence-corrected chi connectivity index (χ0v) is 16.4. The van der Waals surface area contributed by atoms with Gasteiger partial charge in [0.1, 0.15) is 11.4 Å². The van der Waals surface area contributed by atoms with Crippen molar-refractivity contribution in [1.29, 1.82) is 0 Å². The van der Waals surface area contributed by atoms with Gasteiger partial charge in [-0.25, -0.2) is 4.98 Å². The molecule has 0 aliphatic rings. The van der Waals surface area contributed by atoms with Crippen LogP contribution in [-0.4, -0.2) is 70.1 Å². The van der Waals surface area contributed by atoms with Crippen LogP contribution < -0.4 is 16.0 Å². The third-order valence-corrected chi connectivity index (χ3v) is 4.64. The second kappa shape index (κ2) is 9.55. The van der Waals surface area contributed by atoms with E-state index in [4.69, 9.17) is 10.1 Å². The molecule has 0 aliphatic carbocycles. The van der Waals surface area contributed by atoms with Gasteiger partial charge in [0.05, 0.1) is 36.5 Å². The van der Waals surface area contributed by atoms with Gasteiger partial charge in [0.25, 0.3) is 5.91 Å². The largest absolute Gasteiger partial charge is 0.395 e. The van der Waals surface area contributed by atoms with E-state index in [1.54, 1.807) is 0 Å². The number of amides is 1. The van der Waals surface area contributed by atoms with Crippen LogP contribution in [0.1, 0.15) is 22.8 Å². The number of aromatic nitrogens is 2. The topological polar surface area (TPSA) is 131 Å². The summed E-state index contributed by atoms with van der Waals surface area (Å²) >= 11 is 0. The second-order valence-electron chi connectivity index (χ2n) is 6.47. The number of hydrogen-bond acceptors (Lipinski definition) is 7. The van der Waals surface area contributed by atoms with Crippen LogP contribution in [0.5, 0.6) is 0 Å². The molecular weight excluding hydrogens is 374 g/mol. The highest BCUT2D eigenvalue weighted by molar-refractivity contribution is 6.08. The summed E-state index contributed by atoms with van der Waals surface area (Å²) in [5.74, 6) is 0.382. The molecule has 3 aromatic rings. The van der Waals surface area contributed by atoms with Gasteiger partial charge in [-0.3, -0.25) is 9.20 Å². The van der Waals surface area contributed by atoms with Gasteiger partial charge in [0.15, 0.2) is 5.65 Å². The van der Waals surface area contributed by atoms with Crippen LogP contribution in [0, 0.1) is 0 Å². The highest BCUT2D eigenvalue weighted by atomic mass is 16.3. The van der Waals surface area contributed by atoms with E-state index < -0.39 is 0 Å². The summed E-state index contributed by atoms with van der Waals surface area (Å²) < 4.78 is 1.89. The predicted molar refractivity (Wildman–Crippen MR) is 113 cm³/mol. The fourth-order valence-corrected chi connectivity index (χ4v) is 3.49. The highest BCUT2D eigenvalue weighted by Crippen LogP contribution is 2.35. The zero-order chi connectivity index (χ0) is 20.8. The van der Waals surface area contributed by atoms with Crippen molar-refractivity contribution in [1.82, 2.24) is 14.7 Å². The van der Waals surface area contributed by atoms with Crippen molar-refractivity contribution in [3.8, 4) is 0 Å². The molecule has 9 nitrogen and oxygen atoms in total. The Morgan fingerprint density at radius 1 is 1.03 bits per heavy atom. The maximum atomic E-state index is 13.0. The predicted octanol–water partition coefficient (Wildman–Crippen LogP) is 0.580. The smallest absolute Gasteiger partial charge is 0.257 e. The minimum atomic E-state index is -0.358. The van der Waals surface area contributed by atoms with E-state index in [2.05, 4.69) is 16.0 Å². The number of anilines is 2. The fourth-order valence-electron chi connectivity index (χ4n) is 3.49. The molecule has 9 heteroatoms. The number of aliphatic hydroxyl groups excluding tert-OH is 3. The molecule has 156 valence electrons. The molecule has 0 bridgehead atoms. The number of imidazole rings is 1. The average molecular weight is 401 g/mol. The Morgan fingerprint density at radius 3 is 2.41 bits per heavy atom. The third kappa shape index (κ3) is 3.98. The lowest BCUT2D eigenvalue weighted by Gasteiger charge is -2.22. The van der Waals surface area contributed by atoms with Crippen LogP contribution in [0.4, 0.5) is 11.5 Å². The molecule has 0 saturated carbocycles. The summed E-state index contributed by atoms with van der Waals surface area (Å²) in [6.45, 7) is 2.39. The Hall–Kier alpha value is -2.88. The van der Waals surface area contributed by atoms with Crippen LogP contribution >= 0.6 is 0 Å². The number of pyridine rings is 1. The maximum absolute atomic E-state index is 13.0. The van der Waals surface area contributed by atoms with Gasteiger partial charge < -0.3 is 31.3 Å². The van der Waals surface area contributed by atoms with Crippen molar-refractivity contribution in [3.05, 3.63) is 35.4 Å². The summed E-state index contributed by atoms with van der Waals surface area (Å²) in [5.41, 5.74) is 3.81. The van der Waals surface area contributed by atoms with E-state index in [1.807, 2.05) is 35.6 Å². The summed E-state index contributed by atoms with van der Waals surface area (Å²) in [6.07, 6.45) is 0.601. The minimum absolute atomic E-state index is 0.0462. The molecule has 0 unspecified atom stereocenters. The number of nitrogens with one attached hydrogen (secondary N) is 3. The molecule has 1 amide bonds. The number of fused-ring (bicyclic) bond motifs is 3. The standard InChI is InChI=1S/C20H27N5O4/c1-2-13-17(21-7-10-26)16(20(29)23-9-12-28)19-24-14-5-3-4-6-15(14)25(19)18(13)22-8-11-27/h3-6,21-22,26-28H,2,7-12H2,1H3,(H,23,29). The normalized spacial score (nSPS) is 11.2. The van der Waals surface area contributed by atoms with Gasteiger partial charge in [-0.1, -0.05) is 19.1 Å². The van der Waals surface area contributed by atoms with Crippen molar-refractivity contribution in [3.63, 3.8) is 0 Å². The number of hydrogen-bond donors (Lipinski definition) is 6. The van der Waals surface area contributed by atoms with Gasteiger partial charge in [0.2, 0.25) is 0 Å². The van der Waals surface area contributed by atoms with E-state index in [0.29, 0.717) is 29.9 Å². The molecule has 2 aromatic heterocycles. The Labute approximate surface area is 168 Å². The first kappa shape index (κ1) is 20.8. The van der Waals surface area contributed by atoms with Crippen LogP contribution in [0.25, 0.3) is 16.7 Å². The third-order valence-electron chi connectivity index (χ3n) is 4.64. The summed E-state index contributed by atoms with van der Waals surface area (Å²) in [6, 6.07) is 7.59. The van der Waals surface area contributed by atoms with E-state index in [0.717, 1.165) is 22.4 Å². The quantitative estimate of drug-likeness (QED) is 0.293. The number of carbonyl (C=O) groups is 1. The number of nitrogens with zero attached hydrogens (tertiary/aromatic N) is 2. The molecular formula is C20H27N5O4. The van der Waals surface area contributed by atoms with Crippen LogP contribution in [0.15, 0.2) is 24.3 Å². The molecule has 3 rings (SSSR count). The van der Waals surface area contributed by atoms with Gasteiger partial charge in [0, 0.05) is 25.2 Å². The lowest BCUT2D eigenvalue weighted by molar-refractivity contribution is 0.0946. The molecule has 29 heavy (non-hydrogen) atoms. The second-order valence-corrected chi connectivity index (χ2v) is 6.47. The summed E-state index contributed by atoms with van der Waals surface area (Å²) in [5, 5.41) is 36.9. The minimum Gasteiger partial charge on any atom is -0.395 e. The van der Waals surface area contributed by atoms with Gasteiger partial charge >= 0.3 is 0 Å². The van der Waals surface area contributed by atoms with Gasteiger partial charge in [-0.2, -0.15) is 0 Å². The molecule has 0 radical (unpaired) electrons. The lowest BCUT2D eigenvalue weighted by atomic mass is 10.0. The fraction of sp³-hybridized carbons (Fsp3) is 0.400. The van der Waals surface area contributed by atoms with Crippen molar-refractivity contribution in [2.75, 3.05) is 50.1 Å². The number of rotatable bonds is 10. The molecule has 0 spiro atoms. The molecule has 1 aromatic carbocycles. The number of carbonyl (C=O) groups excluding carboxylic acids is 1. The molecule has 6 N–H and O–H groups in total. The molecule has 0 saturated heterocycles. The number of benzene rings is 1. The highest BCUT2D eigenvalue weighted by Gasteiger charge is 2.25. The molecule has 0 fully saturated rings. The van der Waals surface area contributed by atoms with Gasteiger partial charge in [-0.15, -0.1) is 0 Å². The summed E-state index contributed by atoms with van der Waals surface area (Å²) in [7, 11) is 0. The number of para-hydroxylation sites is 2. The van der Waals surface area contributed by atoms with Crippen molar-refractivity contribution in [2.45, 2.75) is 13.3 Å². The Morgan fingerprint density at radius 2 is 1.72 bits per heavy atom. The van der Waals surface area contributed by atoms with Crippen LogP contribution in [0.2, 0.25) is 0 Å². The number of aliphatic hydroxyl groups is 3. The van der Waals surface area contributed by atoms with E-state index >= 15 is 0 Å². The molecule has 0 atom stereocenters. The van der Waals surface area contributed by atoms with E-state index in [-0.39, 0.29) is 38.8 Å². The lowest BCUT2D eigenvalue weighted by Crippen LogP contribution is -2.29. The molecule has 2 heterocycles. The molecule has 0 aliphatic heterocycles.